The van der Waals surface area contributed by atoms with Crippen LogP contribution in [0.15, 0.2) is 41.3 Å². The van der Waals surface area contributed by atoms with E-state index in [1.165, 1.54) is 0 Å². The molecule has 4 heteroatoms. The van der Waals surface area contributed by atoms with Crippen molar-refractivity contribution in [1.82, 2.24) is 4.57 Å². The molecule has 1 aromatic heterocycles. The summed E-state index contributed by atoms with van der Waals surface area (Å²) in [5, 5.41) is 0. The normalized spacial score (nSPS) is 10.4. The lowest BCUT2D eigenvalue weighted by atomic mass is 10.2. The van der Waals surface area contributed by atoms with Gasteiger partial charge in [0.25, 0.3) is 0 Å². The highest BCUT2D eigenvalue weighted by atomic mass is 35.5. The maximum absolute atomic E-state index is 11.6. The Hall–Kier alpha value is -1.74. The molecule has 1 heterocycles. The van der Waals surface area contributed by atoms with E-state index in [0.717, 1.165) is 17.1 Å². The number of halogens is 1. The number of aromatic nitrogens is 1. The number of ether oxygens (including phenoxy) is 1. The molecule has 0 aliphatic carbocycles. The SMILES string of the molecule is COc1ccc(-n2cc(CCl)c(=O)cc2C)cc1. The van der Waals surface area contributed by atoms with Crippen molar-refractivity contribution in [2.24, 2.45) is 0 Å². The maximum Gasteiger partial charge on any atom is 0.186 e. The lowest BCUT2D eigenvalue weighted by molar-refractivity contribution is 0.414. The Morgan fingerprint density at radius 1 is 1.28 bits per heavy atom. The van der Waals surface area contributed by atoms with E-state index in [2.05, 4.69) is 0 Å². The summed E-state index contributed by atoms with van der Waals surface area (Å²) in [6.07, 6.45) is 1.78. The van der Waals surface area contributed by atoms with Crippen molar-refractivity contribution in [3.63, 3.8) is 0 Å². The molecule has 0 saturated carbocycles. The van der Waals surface area contributed by atoms with Gasteiger partial charge >= 0.3 is 0 Å². The van der Waals surface area contributed by atoms with Gasteiger partial charge in [-0.15, -0.1) is 11.6 Å². The van der Waals surface area contributed by atoms with Gasteiger partial charge in [0.05, 0.1) is 13.0 Å². The van der Waals surface area contributed by atoms with Crippen molar-refractivity contribution in [3.05, 3.63) is 58.0 Å². The third-order valence-corrected chi connectivity index (χ3v) is 3.10. The van der Waals surface area contributed by atoms with Gasteiger partial charge in [0, 0.05) is 29.2 Å². The first kappa shape index (κ1) is 12.7. The van der Waals surface area contributed by atoms with Crippen LogP contribution < -0.4 is 10.2 Å². The number of hydrogen-bond donors (Lipinski definition) is 0. The van der Waals surface area contributed by atoms with Gasteiger partial charge in [0.15, 0.2) is 5.43 Å². The van der Waals surface area contributed by atoms with Crippen LogP contribution >= 0.6 is 11.6 Å². The van der Waals surface area contributed by atoms with Crippen LogP contribution in [0.3, 0.4) is 0 Å². The Morgan fingerprint density at radius 2 is 1.94 bits per heavy atom. The second-order valence-electron chi connectivity index (χ2n) is 4.01. The minimum atomic E-state index is -0.0211. The molecule has 0 atom stereocenters. The van der Waals surface area contributed by atoms with Gasteiger partial charge in [-0.1, -0.05) is 0 Å². The van der Waals surface area contributed by atoms with E-state index in [4.69, 9.17) is 16.3 Å². The average molecular weight is 264 g/mol. The molecular weight excluding hydrogens is 250 g/mol. The quantitative estimate of drug-likeness (QED) is 0.798. The monoisotopic (exact) mass is 263 g/mol. The summed E-state index contributed by atoms with van der Waals surface area (Å²) in [4.78, 5) is 11.6. The highest BCUT2D eigenvalue weighted by Gasteiger charge is 2.05. The number of benzene rings is 1. The molecule has 94 valence electrons. The Labute approximate surface area is 111 Å². The molecule has 0 amide bonds. The van der Waals surface area contributed by atoms with Crippen LogP contribution in [0.1, 0.15) is 11.3 Å². The summed E-state index contributed by atoms with van der Waals surface area (Å²) in [6.45, 7) is 1.89. The van der Waals surface area contributed by atoms with E-state index in [1.54, 1.807) is 19.4 Å². The van der Waals surface area contributed by atoms with Gasteiger partial charge in [-0.2, -0.15) is 0 Å². The second kappa shape index (κ2) is 5.27. The first-order valence-corrected chi connectivity index (χ1v) is 6.11. The Kier molecular flexibility index (Phi) is 3.72. The third kappa shape index (κ3) is 2.41. The standard InChI is InChI=1S/C14H14ClNO2/c1-10-7-14(17)11(8-15)9-16(10)12-3-5-13(18-2)6-4-12/h3-7,9H,8H2,1-2H3. The van der Waals surface area contributed by atoms with Crippen LogP contribution in [0.25, 0.3) is 5.69 Å². The molecule has 0 saturated heterocycles. The van der Waals surface area contributed by atoms with Crippen LogP contribution in [-0.2, 0) is 5.88 Å². The van der Waals surface area contributed by atoms with Crippen molar-refractivity contribution in [1.29, 1.82) is 0 Å². The maximum atomic E-state index is 11.6. The molecular formula is C14H14ClNO2. The molecule has 2 rings (SSSR count). The minimum absolute atomic E-state index is 0.0211. The second-order valence-corrected chi connectivity index (χ2v) is 4.27. The van der Waals surface area contributed by atoms with E-state index in [-0.39, 0.29) is 11.3 Å². The minimum Gasteiger partial charge on any atom is -0.497 e. The summed E-state index contributed by atoms with van der Waals surface area (Å²) in [5.41, 5.74) is 2.42. The Morgan fingerprint density at radius 3 is 2.50 bits per heavy atom. The zero-order valence-electron chi connectivity index (χ0n) is 10.3. The fourth-order valence-corrected chi connectivity index (χ4v) is 2.00. The van der Waals surface area contributed by atoms with Gasteiger partial charge < -0.3 is 9.30 Å². The summed E-state index contributed by atoms with van der Waals surface area (Å²) >= 11 is 5.76. The van der Waals surface area contributed by atoms with Gasteiger partial charge in [-0.05, 0) is 31.2 Å². The van der Waals surface area contributed by atoms with Crippen molar-refractivity contribution < 1.29 is 4.74 Å². The first-order chi connectivity index (χ1) is 8.65. The summed E-state index contributed by atoms with van der Waals surface area (Å²) in [5.74, 6) is 1.02. The number of nitrogens with zero attached hydrogens (tertiary/aromatic N) is 1. The topological polar surface area (TPSA) is 31.2 Å². The largest absolute Gasteiger partial charge is 0.497 e. The van der Waals surface area contributed by atoms with Crippen molar-refractivity contribution in [2.45, 2.75) is 12.8 Å². The molecule has 0 aliphatic heterocycles. The molecule has 0 radical (unpaired) electrons. The summed E-state index contributed by atoms with van der Waals surface area (Å²) in [6, 6.07) is 9.24. The fourth-order valence-electron chi connectivity index (χ4n) is 1.79. The van der Waals surface area contributed by atoms with Gasteiger partial charge in [0.2, 0.25) is 0 Å². The Balaban J connectivity index is 2.52. The first-order valence-electron chi connectivity index (χ1n) is 5.58. The lowest BCUT2D eigenvalue weighted by Crippen LogP contribution is -2.12. The zero-order chi connectivity index (χ0) is 13.1. The van der Waals surface area contributed by atoms with Gasteiger partial charge in [0.1, 0.15) is 5.75 Å². The number of rotatable bonds is 3. The molecule has 0 N–H and O–H groups in total. The van der Waals surface area contributed by atoms with Crippen LogP contribution in [0.2, 0.25) is 0 Å². The number of pyridine rings is 1. The van der Waals surface area contributed by atoms with Crippen LogP contribution in [0, 0.1) is 6.92 Å². The molecule has 0 unspecified atom stereocenters. The predicted octanol–water partition coefficient (Wildman–Crippen LogP) is 2.89. The van der Waals surface area contributed by atoms with E-state index >= 15 is 0 Å². The van der Waals surface area contributed by atoms with E-state index in [0.29, 0.717) is 5.56 Å². The predicted molar refractivity (Wildman–Crippen MR) is 72.9 cm³/mol. The van der Waals surface area contributed by atoms with Gasteiger partial charge in [-0.3, -0.25) is 4.79 Å². The van der Waals surface area contributed by atoms with Crippen molar-refractivity contribution >= 4 is 11.6 Å². The Bertz CT molecular complexity index is 602. The van der Waals surface area contributed by atoms with E-state index in [1.807, 2.05) is 35.8 Å². The molecule has 3 nitrogen and oxygen atoms in total. The third-order valence-electron chi connectivity index (χ3n) is 2.82. The zero-order valence-corrected chi connectivity index (χ0v) is 11.1. The number of aryl methyl sites for hydroxylation is 1. The van der Waals surface area contributed by atoms with Crippen molar-refractivity contribution in [3.8, 4) is 11.4 Å². The number of hydrogen-bond acceptors (Lipinski definition) is 2. The van der Waals surface area contributed by atoms with Crippen LogP contribution in [-0.4, -0.2) is 11.7 Å². The van der Waals surface area contributed by atoms with Crippen molar-refractivity contribution in [2.75, 3.05) is 7.11 Å². The summed E-state index contributed by atoms with van der Waals surface area (Å²) < 4.78 is 7.06. The van der Waals surface area contributed by atoms with Crippen LogP contribution in [0.4, 0.5) is 0 Å². The summed E-state index contributed by atoms with van der Waals surface area (Å²) in [7, 11) is 1.63. The number of methoxy groups -OCH3 is 1. The molecule has 18 heavy (non-hydrogen) atoms. The smallest absolute Gasteiger partial charge is 0.186 e. The van der Waals surface area contributed by atoms with Gasteiger partial charge in [-0.25, -0.2) is 0 Å². The van der Waals surface area contributed by atoms with E-state index in [9.17, 15) is 4.79 Å². The molecule has 0 fully saturated rings. The number of alkyl halides is 1. The molecule has 1 aromatic carbocycles. The molecule has 0 aliphatic rings. The molecule has 0 bridgehead atoms. The highest BCUT2D eigenvalue weighted by molar-refractivity contribution is 6.17. The fraction of sp³-hybridized carbons (Fsp3) is 0.214. The van der Waals surface area contributed by atoms with Crippen LogP contribution in [0.5, 0.6) is 5.75 Å². The highest BCUT2D eigenvalue weighted by Crippen LogP contribution is 2.16. The molecule has 2 aromatic rings. The molecule has 0 spiro atoms. The lowest BCUT2D eigenvalue weighted by Gasteiger charge is -2.12. The average Bonchev–Trinajstić information content (AvgIpc) is 2.39. The van der Waals surface area contributed by atoms with E-state index < -0.39 is 0 Å².